The average Bonchev–Trinajstić information content (AvgIpc) is 3.58. The highest BCUT2D eigenvalue weighted by atomic mass is 19.1. The average molecular weight is 477 g/mol. The Morgan fingerprint density at radius 1 is 0.943 bits per heavy atom. The monoisotopic (exact) mass is 476 g/mol. The zero-order valence-electron chi connectivity index (χ0n) is 19.9. The Bertz CT molecular complexity index is 1450. The van der Waals surface area contributed by atoms with Crippen LogP contribution in [-0.4, -0.2) is 36.3 Å². The molecule has 4 aromatic rings. The number of aromatic nitrogens is 6. The van der Waals surface area contributed by atoms with Crippen molar-refractivity contribution >= 4 is 11.2 Å². The lowest BCUT2D eigenvalue weighted by Gasteiger charge is -2.28. The standard InChI is InChI=1S/C26H26F2N6O/c1-13-8-21(28)19(10-20(13)27)23-24-26(31-15(3)14(2)30-24)33-25(32-23)16-6-7-35-22(9-16)17-11-29-34(12-17)18-4-5-18/h8,10-12,16,18,22H,4-7,9H2,1-3H3/t16-,22-/m1/s1. The van der Waals surface area contributed by atoms with Crippen molar-refractivity contribution in [1.29, 1.82) is 0 Å². The molecule has 35 heavy (non-hydrogen) atoms. The maximum atomic E-state index is 15.0. The van der Waals surface area contributed by atoms with Crippen molar-refractivity contribution in [3.8, 4) is 11.3 Å². The van der Waals surface area contributed by atoms with Crippen LogP contribution in [0.3, 0.4) is 0 Å². The minimum Gasteiger partial charge on any atom is -0.373 e. The number of halogens is 2. The molecule has 1 aliphatic heterocycles. The van der Waals surface area contributed by atoms with Crippen LogP contribution in [0, 0.1) is 32.4 Å². The summed E-state index contributed by atoms with van der Waals surface area (Å²) in [5, 5.41) is 4.50. The molecule has 0 radical (unpaired) electrons. The SMILES string of the molecule is Cc1cc(F)c(-c2nc([C@@H]3CCO[C@@H](c4cnn(C5CC5)c4)C3)nc3nc(C)c(C)nc23)cc1F. The second kappa shape index (κ2) is 8.41. The van der Waals surface area contributed by atoms with Gasteiger partial charge in [0.1, 0.15) is 28.7 Å². The van der Waals surface area contributed by atoms with Crippen LogP contribution in [0.2, 0.25) is 0 Å². The van der Waals surface area contributed by atoms with E-state index in [-0.39, 0.29) is 28.8 Å². The molecule has 1 aliphatic carbocycles. The number of ether oxygens (including phenoxy) is 1. The molecule has 0 spiro atoms. The zero-order chi connectivity index (χ0) is 24.3. The van der Waals surface area contributed by atoms with Crippen LogP contribution in [0.15, 0.2) is 24.5 Å². The van der Waals surface area contributed by atoms with Crippen molar-refractivity contribution in [2.75, 3.05) is 6.61 Å². The van der Waals surface area contributed by atoms with Crippen LogP contribution < -0.4 is 0 Å². The van der Waals surface area contributed by atoms with Crippen molar-refractivity contribution in [3.63, 3.8) is 0 Å². The molecule has 180 valence electrons. The number of hydrogen-bond acceptors (Lipinski definition) is 6. The molecule has 2 fully saturated rings. The maximum Gasteiger partial charge on any atom is 0.182 e. The summed E-state index contributed by atoms with van der Waals surface area (Å²) in [7, 11) is 0. The molecule has 0 amide bonds. The van der Waals surface area contributed by atoms with Crippen LogP contribution in [-0.2, 0) is 4.74 Å². The Kier molecular flexibility index (Phi) is 5.32. The summed E-state index contributed by atoms with van der Waals surface area (Å²) >= 11 is 0. The van der Waals surface area contributed by atoms with Crippen molar-refractivity contribution < 1.29 is 13.5 Å². The molecule has 9 heteroatoms. The molecule has 0 unspecified atom stereocenters. The molecular formula is C26H26F2N6O. The van der Waals surface area contributed by atoms with Gasteiger partial charge >= 0.3 is 0 Å². The van der Waals surface area contributed by atoms with E-state index in [0.717, 1.165) is 17.7 Å². The van der Waals surface area contributed by atoms with E-state index in [1.165, 1.54) is 31.9 Å². The topological polar surface area (TPSA) is 78.6 Å². The first-order chi connectivity index (χ1) is 16.9. The summed E-state index contributed by atoms with van der Waals surface area (Å²) in [4.78, 5) is 18.7. The fourth-order valence-corrected chi connectivity index (χ4v) is 4.65. The minimum absolute atomic E-state index is 0.0251. The van der Waals surface area contributed by atoms with Crippen LogP contribution in [0.5, 0.6) is 0 Å². The third-order valence-corrected chi connectivity index (χ3v) is 7.03. The third-order valence-electron chi connectivity index (χ3n) is 7.03. The van der Waals surface area contributed by atoms with Gasteiger partial charge in [-0.25, -0.2) is 28.7 Å². The first-order valence-corrected chi connectivity index (χ1v) is 12.0. The van der Waals surface area contributed by atoms with Crippen molar-refractivity contribution in [3.05, 3.63) is 64.5 Å². The molecule has 2 aliphatic rings. The van der Waals surface area contributed by atoms with E-state index < -0.39 is 11.6 Å². The predicted octanol–water partition coefficient (Wildman–Crippen LogP) is 5.46. The second-order valence-electron chi connectivity index (χ2n) is 9.64. The van der Waals surface area contributed by atoms with Gasteiger partial charge in [-0.05, 0) is 64.2 Å². The summed E-state index contributed by atoms with van der Waals surface area (Å²) in [6, 6.07) is 2.88. The van der Waals surface area contributed by atoms with Gasteiger partial charge in [-0.2, -0.15) is 5.10 Å². The number of benzene rings is 1. The number of aryl methyl sites for hydroxylation is 3. The molecule has 1 saturated heterocycles. The van der Waals surface area contributed by atoms with Crippen molar-refractivity contribution in [1.82, 2.24) is 29.7 Å². The van der Waals surface area contributed by atoms with Gasteiger partial charge < -0.3 is 4.74 Å². The van der Waals surface area contributed by atoms with Crippen LogP contribution >= 0.6 is 0 Å². The van der Waals surface area contributed by atoms with Crippen molar-refractivity contribution in [2.45, 2.75) is 64.5 Å². The highest BCUT2D eigenvalue weighted by molar-refractivity contribution is 5.87. The first-order valence-electron chi connectivity index (χ1n) is 12.0. The number of fused-ring (bicyclic) bond motifs is 1. The summed E-state index contributed by atoms with van der Waals surface area (Å²) in [5.41, 5.74) is 3.80. The molecule has 7 nitrogen and oxygen atoms in total. The second-order valence-corrected chi connectivity index (χ2v) is 9.64. The van der Waals surface area contributed by atoms with Gasteiger partial charge in [-0.3, -0.25) is 4.68 Å². The lowest BCUT2D eigenvalue weighted by atomic mass is 9.92. The van der Waals surface area contributed by atoms with Gasteiger partial charge in [-0.1, -0.05) is 0 Å². The molecule has 4 heterocycles. The van der Waals surface area contributed by atoms with Gasteiger partial charge in [0.05, 0.1) is 29.7 Å². The Hall–Kier alpha value is -3.33. The Labute approximate surface area is 201 Å². The Balaban J connectivity index is 1.43. The highest BCUT2D eigenvalue weighted by Gasteiger charge is 2.31. The van der Waals surface area contributed by atoms with Crippen LogP contribution in [0.4, 0.5) is 8.78 Å². The quantitative estimate of drug-likeness (QED) is 0.389. The Morgan fingerprint density at radius 3 is 2.54 bits per heavy atom. The van der Waals surface area contributed by atoms with E-state index in [4.69, 9.17) is 14.7 Å². The predicted molar refractivity (Wildman–Crippen MR) is 126 cm³/mol. The minimum atomic E-state index is -0.549. The van der Waals surface area contributed by atoms with E-state index in [0.29, 0.717) is 41.8 Å². The van der Waals surface area contributed by atoms with Gasteiger partial charge in [0.2, 0.25) is 0 Å². The van der Waals surface area contributed by atoms with Crippen LogP contribution in [0.25, 0.3) is 22.4 Å². The normalized spacial score (nSPS) is 20.5. The molecule has 0 N–H and O–H groups in total. The van der Waals surface area contributed by atoms with Crippen molar-refractivity contribution in [2.24, 2.45) is 0 Å². The van der Waals surface area contributed by atoms with E-state index in [1.54, 1.807) is 0 Å². The molecule has 1 aromatic carbocycles. The molecule has 0 bridgehead atoms. The van der Waals surface area contributed by atoms with Gasteiger partial charge in [0.15, 0.2) is 5.65 Å². The number of rotatable bonds is 4. The molecule has 6 rings (SSSR count). The first kappa shape index (κ1) is 22.2. The lowest BCUT2D eigenvalue weighted by molar-refractivity contribution is 0.00396. The van der Waals surface area contributed by atoms with E-state index in [1.807, 2.05) is 24.7 Å². The summed E-state index contributed by atoms with van der Waals surface area (Å²) in [6.45, 7) is 5.77. The van der Waals surface area contributed by atoms with E-state index >= 15 is 4.39 Å². The maximum absolute atomic E-state index is 15.0. The summed E-state index contributed by atoms with van der Waals surface area (Å²) in [5.74, 6) is -0.520. The summed E-state index contributed by atoms with van der Waals surface area (Å²) in [6.07, 6.45) is 7.55. The lowest BCUT2D eigenvalue weighted by Crippen LogP contribution is -2.20. The smallest absolute Gasteiger partial charge is 0.182 e. The summed E-state index contributed by atoms with van der Waals surface area (Å²) < 4.78 is 37.6. The molecule has 3 aromatic heterocycles. The number of nitrogens with zero attached hydrogens (tertiary/aromatic N) is 6. The highest BCUT2D eigenvalue weighted by Crippen LogP contribution is 2.40. The largest absolute Gasteiger partial charge is 0.373 e. The van der Waals surface area contributed by atoms with Gasteiger partial charge in [-0.15, -0.1) is 0 Å². The van der Waals surface area contributed by atoms with E-state index in [9.17, 15) is 4.39 Å². The number of hydrogen-bond donors (Lipinski definition) is 0. The molecule has 2 atom stereocenters. The Morgan fingerprint density at radius 2 is 1.74 bits per heavy atom. The van der Waals surface area contributed by atoms with Gasteiger partial charge in [0, 0.05) is 29.8 Å². The van der Waals surface area contributed by atoms with Gasteiger partial charge in [0.25, 0.3) is 0 Å². The van der Waals surface area contributed by atoms with E-state index in [2.05, 4.69) is 21.3 Å². The fraction of sp³-hybridized carbons (Fsp3) is 0.423. The molecule has 1 saturated carbocycles. The zero-order valence-corrected chi connectivity index (χ0v) is 19.9. The van der Waals surface area contributed by atoms with Crippen LogP contribution in [0.1, 0.15) is 72.1 Å². The molecular weight excluding hydrogens is 450 g/mol. The fourth-order valence-electron chi connectivity index (χ4n) is 4.65. The third kappa shape index (κ3) is 4.07.